The molecular formula is C30H57N7O12. The fourth-order valence-electron chi connectivity index (χ4n) is 7.63. The van der Waals surface area contributed by atoms with E-state index in [-0.39, 0.29) is 57.7 Å². The van der Waals surface area contributed by atoms with Gasteiger partial charge in [-0.25, -0.2) is 0 Å². The van der Waals surface area contributed by atoms with E-state index < -0.39 is 85.3 Å². The maximum atomic E-state index is 12.2. The number of aliphatic hydroxyl groups is 4. The maximum absolute atomic E-state index is 12.2. The molecule has 1 aliphatic carbocycles. The lowest BCUT2D eigenvalue weighted by molar-refractivity contribution is -0.325. The smallest absolute Gasteiger partial charge is 0.225 e. The minimum Gasteiger partial charge on any atom is -0.396 e. The van der Waals surface area contributed by atoms with Crippen molar-refractivity contribution in [2.24, 2.45) is 28.8 Å². The van der Waals surface area contributed by atoms with Crippen LogP contribution in [0.4, 0.5) is 0 Å². The summed E-state index contributed by atoms with van der Waals surface area (Å²) in [5, 5.41) is 57.9. The SMILES string of the molecule is CNC1[C@H](OC)C(COC)O[C@H](OC2[C@@H](CO)[C@H](O[C@H]3OC(CNC(=O)CN=[N+]=[N-])[C@@H](CO)[C@H](CO)C3OC)C(NC)C[C@H]2NC)[C@@H]1CO. The van der Waals surface area contributed by atoms with Crippen molar-refractivity contribution in [2.45, 2.75) is 73.8 Å². The second-order valence-electron chi connectivity index (χ2n) is 12.6. The average Bonchev–Trinajstić information content (AvgIpc) is 3.12. The van der Waals surface area contributed by atoms with E-state index in [0.717, 1.165) is 0 Å². The number of methoxy groups -OCH3 is 3. The molecule has 49 heavy (non-hydrogen) atoms. The number of hydrogen-bond donors (Lipinski definition) is 8. The monoisotopic (exact) mass is 707 g/mol. The van der Waals surface area contributed by atoms with Crippen LogP contribution in [0.15, 0.2) is 5.11 Å². The Morgan fingerprint density at radius 2 is 1.35 bits per heavy atom. The summed E-state index contributed by atoms with van der Waals surface area (Å²) in [5.74, 6) is -3.00. The highest BCUT2D eigenvalue weighted by Crippen LogP contribution is 2.39. The van der Waals surface area contributed by atoms with Crippen molar-refractivity contribution < 1.29 is 58.4 Å². The Balaban J connectivity index is 1.93. The lowest BCUT2D eigenvalue weighted by Crippen LogP contribution is -2.67. The van der Waals surface area contributed by atoms with Gasteiger partial charge in [0.1, 0.15) is 24.9 Å². The lowest BCUT2D eigenvalue weighted by atomic mass is 9.77. The predicted octanol–water partition coefficient (Wildman–Crippen LogP) is -3.09. The molecule has 1 saturated carbocycles. The number of rotatable bonds is 19. The Kier molecular flexibility index (Phi) is 17.8. The van der Waals surface area contributed by atoms with E-state index in [1.165, 1.54) is 7.11 Å². The molecular weight excluding hydrogens is 650 g/mol. The topological polar surface area (TPSA) is 259 Å². The van der Waals surface area contributed by atoms with E-state index in [0.29, 0.717) is 6.42 Å². The largest absolute Gasteiger partial charge is 0.396 e. The molecule has 0 radical (unpaired) electrons. The van der Waals surface area contributed by atoms with E-state index in [1.807, 2.05) is 0 Å². The van der Waals surface area contributed by atoms with Crippen LogP contribution in [0, 0.1) is 23.7 Å². The molecule has 6 unspecified atom stereocenters. The molecule has 8 N–H and O–H groups in total. The quantitative estimate of drug-likeness (QED) is 0.0376. The van der Waals surface area contributed by atoms with E-state index in [4.69, 9.17) is 38.7 Å². The van der Waals surface area contributed by atoms with Gasteiger partial charge in [-0.15, -0.1) is 0 Å². The van der Waals surface area contributed by atoms with Crippen molar-refractivity contribution in [3.63, 3.8) is 0 Å². The zero-order chi connectivity index (χ0) is 36.1. The fourth-order valence-corrected chi connectivity index (χ4v) is 7.63. The summed E-state index contributed by atoms with van der Waals surface area (Å²) in [7, 11) is 9.93. The van der Waals surface area contributed by atoms with Crippen molar-refractivity contribution in [3.8, 4) is 0 Å². The van der Waals surface area contributed by atoms with E-state index in [1.54, 1.807) is 35.4 Å². The van der Waals surface area contributed by atoms with Gasteiger partial charge in [-0.2, -0.15) is 0 Å². The fraction of sp³-hybridized carbons (Fsp3) is 0.967. The van der Waals surface area contributed by atoms with E-state index in [9.17, 15) is 25.2 Å². The first-order valence-electron chi connectivity index (χ1n) is 16.6. The summed E-state index contributed by atoms with van der Waals surface area (Å²) in [6, 6.07) is -0.932. The lowest BCUT2D eigenvalue weighted by Gasteiger charge is -2.52. The number of amides is 1. The molecule has 284 valence electrons. The van der Waals surface area contributed by atoms with Crippen LogP contribution < -0.4 is 21.3 Å². The second-order valence-corrected chi connectivity index (χ2v) is 12.6. The molecule has 3 rings (SSSR count). The van der Waals surface area contributed by atoms with Crippen LogP contribution in [0.1, 0.15) is 6.42 Å². The van der Waals surface area contributed by atoms with Gasteiger partial charge in [0.2, 0.25) is 5.91 Å². The van der Waals surface area contributed by atoms with Gasteiger partial charge in [0, 0.05) is 81.9 Å². The molecule has 15 atom stereocenters. The van der Waals surface area contributed by atoms with Gasteiger partial charge in [-0.05, 0) is 33.1 Å². The minimum absolute atomic E-state index is 0.0613. The number of nitrogens with zero attached hydrogens (tertiary/aromatic N) is 3. The molecule has 3 aliphatic rings. The molecule has 0 bridgehead atoms. The third-order valence-electron chi connectivity index (χ3n) is 10.2. The Hall–Kier alpha value is -1.78. The highest BCUT2D eigenvalue weighted by Gasteiger charge is 2.53. The van der Waals surface area contributed by atoms with Crippen LogP contribution in [0.5, 0.6) is 0 Å². The van der Waals surface area contributed by atoms with Gasteiger partial charge in [0.05, 0.1) is 44.1 Å². The summed E-state index contributed by atoms with van der Waals surface area (Å²) in [6.07, 6.45) is -5.48. The molecule has 0 spiro atoms. The molecule has 2 heterocycles. The number of hydrogen-bond acceptors (Lipinski definition) is 16. The summed E-state index contributed by atoms with van der Waals surface area (Å²) in [4.78, 5) is 14.8. The number of carbonyl (C=O) groups is 1. The normalized spacial score (nSPS) is 39.7. The molecule has 3 fully saturated rings. The molecule has 1 amide bonds. The molecule has 0 aromatic rings. The van der Waals surface area contributed by atoms with Crippen LogP contribution in [0.25, 0.3) is 10.4 Å². The Morgan fingerprint density at radius 1 is 0.776 bits per heavy atom. The minimum atomic E-state index is -1.09. The van der Waals surface area contributed by atoms with Gasteiger partial charge < -0.3 is 74.9 Å². The van der Waals surface area contributed by atoms with Crippen LogP contribution in [0.3, 0.4) is 0 Å². The first-order valence-corrected chi connectivity index (χ1v) is 16.6. The molecule has 19 heteroatoms. The van der Waals surface area contributed by atoms with Crippen molar-refractivity contribution >= 4 is 5.91 Å². The summed E-state index contributed by atoms with van der Waals surface area (Å²) >= 11 is 0. The average molecular weight is 708 g/mol. The third kappa shape index (κ3) is 9.76. The van der Waals surface area contributed by atoms with Gasteiger partial charge in [-0.3, -0.25) is 4.79 Å². The summed E-state index contributed by atoms with van der Waals surface area (Å²) in [6.45, 7) is -1.62. The number of aliphatic hydroxyl groups excluding tert-OH is 4. The van der Waals surface area contributed by atoms with Crippen molar-refractivity contribution in [1.29, 1.82) is 0 Å². The zero-order valence-electron chi connectivity index (χ0n) is 29.2. The molecule has 2 saturated heterocycles. The number of carbonyl (C=O) groups excluding carboxylic acids is 1. The van der Waals surface area contributed by atoms with Crippen molar-refractivity contribution in [2.75, 3.05) is 88.6 Å². The van der Waals surface area contributed by atoms with Gasteiger partial charge in [0.15, 0.2) is 12.6 Å². The van der Waals surface area contributed by atoms with Crippen molar-refractivity contribution in [3.05, 3.63) is 10.4 Å². The first kappa shape index (κ1) is 41.6. The Bertz CT molecular complexity index is 1030. The number of nitrogens with one attached hydrogen (secondary N) is 4. The second kappa shape index (κ2) is 20.9. The number of ether oxygens (including phenoxy) is 7. The molecule has 2 aliphatic heterocycles. The van der Waals surface area contributed by atoms with Crippen LogP contribution in [-0.4, -0.2) is 182 Å². The van der Waals surface area contributed by atoms with E-state index in [2.05, 4.69) is 31.3 Å². The maximum Gasteiger partial charge on any atom is 0.225 e. The molecule has 0 aromatic heterocycles. The van der Waals surface area contributed by atoms with Gasteiger partial charge in [0.25, 0.3) is 0 Å². The highest BCUT2D eigenvalue weighted by molar-refractivity contribution is 5.78. The summed E-state index contributed by atoms with van der Waals surface area (Å²) in [5.41, 5.74) is 8.55. The first-order chi connectivity index (χ1) is 23.7. The number of likely N-dealkylation sites (N-methyl/N-ethyl adjacent to an activating group) is 3. The zero-order valence-corrected chi connectivity index (χ0v) is 29.2. The third-order valence-corrected chi connectivity index (χ3v) is 10.2. The van der Waals surface area contributed by atoms with Crippen LogP contribution in [-0.2, 0) is 38.0 Å². The summed E-state index contributed by atoms with van der Waals surface area (Å²) < 4.78 is 43.0. The van der Waals surface area contributed by atoms with Gasteiger partial charge in [-0.1, -0.05) is 5.11 Å². The predicted molar refractivity (Wildman–Crippen MR) is 173 cm³/mol. The highest BCUT2D eigenvalue weighted by atomic mass is 16.7. The van der Waals surface area contributed by atoms with Crippen LogP contribution >= 0.6 is 0 Å². The Labute approximate surface area is 287 Å². The molecule has 19 nitrogen and oxygen atoms in total. The molecule has 0 aromatic carbocycles. The van der Waals surface area contributed by atoms with E-state index >= 15 is 0 Å². The Morgan fingerprint density at radius 3 is 1.84 bits per heavy atom. The van der Waals surface area contributed by atoms with Crippen molar-refractivity contribution in [1.82, 2.24) is 21.3 Å². The van der Waals surface area contributed by atoms with Gasteiger partial charge >= 0.3 is 0 Å². The number of azide groups is 1. The standard InChI is InChI=1S/C30H57N7O12/c1-32-19-7-20(33-2)26(18(13-41)25(19)48-29-17(12-40)24(34-3)28(45-6)22(47-29)14-43-4)49-30-27(44-5)16(11-39)15(10-38)21(46-30)8-35-23(42)9-36-37-31/h15-22,24-30,32-34,38-41H,7-14H2,1-6H3,(H,35,42)/t15-,16-,17+,18+,19+,20?,21?,22?,24?,25?,26-,27?,28+,29+,30+/m0/s1. The van der Waals surface area contributed by atoms with Crippen LogP contribution in [0.2, 0.25) is 0 Å².